The topological polar surface area (TPSA) is 87.0 Å². The van der Waals surface area contributed by atoms with Crippen LogP contribution in [-0.4, -0.2) is 39.6 Å². The lowest BCUT2D eigenvalue weighted by Crippen LogP contribution is -2.65. The lowest BCUT2D eigenvalue weighted by atomic mass is 9.43. The van der Waals surface area contributed by atoms with Gasteiger partial charge in [0.2, 0.25) is 0 Å². The first-order valence-corrected chi connectivity index (χ1v) is 12.8. The van der Waals surface area contributed by atoms with E-state index in [-0.39, 0.29) is 40.7 Å². The maximum Gasteiger partial charge on any atom is 0.302 e. The number of carbonyl (C=O) groups is 1. The number of rotatable bonds is 2. The van der Waals surface area contributed by atoms with Crippen LogP contribution in [0.15, 0.2) is 17.5 Å². The summed E-state index contributed by atoms with van der Waals surface area (Å²) in [5.74, 6) is 0.160. The highest BCUT2D eigenvalue weighted by molar-refractivity contribution is 7.10. The van der Waals surface area contributed by atoms with Gasteiger partial charge < -0.3 is 20.1 Å². The number of aliphatic hydroxyl groups excluding tert-OH is 2. The first kappa shape index (κ1) is 21.9. The summed E-state index contributed by atoms with van der Waals surface area (Å²) < 4.78 is 5.50. The zero-order chi connectivity index (χ0) is 22.2. The molecule has 1 unspecified atom stereocenters. The highest BCUT2D eigenvalue weighted by Gasteiger charge is 2.68. The van der Waals surface area contributed by atoms with Crippen molar-refractivity contribution in [2.24, 2.45) is 34.5 Å². The van der Waals surface area contributed by atoms with E-state index in [0.29, 0.717) is 12.3 Å². The molecule has 0 amide bonds. The summed E-state index contributed by atoms with van der Waals surface area (Å²) in [6.45, 7) is 5.94. The van der Waals surface area contributed by atoms with E-state index in [4.69, 9.17) is 4.74 Å². The van der Waals surface area contributed by atoms with Gasteiger partial charge in [-0.1, -0.05) is 19.9 Å². The quantitative estimate of drug-likeness (QED) is 0.598. The highest BCUT2D eigenvalue weighted by Crippen LogP contribution is 2.70. The number of fused-ring (bicyclic) bond motifs is 5. The van der Waals surface area contributed by atoms with E-state index in [1.54, 1.807) is 11.3 Å². The van der Waals surface area contributed by atoms with Crippen molar-refractivity contribution in [2.75, 3.05) is 0 Å². The standard InChI is InChI=1S/C25H36O5S/c1-14(26)30-15-6-9-23(2)16-7-10-24(3)17(20(16)22(28)21(27)18(23)13-15)8-11-25(24,29)19-5-4-12-31-19/h4-5,12,15-18,20-22,27-29H,6-11,13H2,1-3H3/t15-,16-,17-,18+,20?,21+,22+,23+,24-,25+/m0/s1. The van der Waals surface area contributed by atoms with Gasteiger partial charge in [-0.3, -0.25) is 4.79 Å². The van der Waals surface area contributed by atoms with Crippen LogP contribution in [0.1, 0.15) is 70.6 Å². The number of thiophene rings is 1. The largest absolute Gasteiger partial charge is 0.463 e. The van der Waals surface area contributed by atoms with Gasteiger partial charge in [0.15, 0.2) is 0 Å². The van der Waals surface area contributed by atoms with E-state index < -0.39 is 17.8 Å². The Balaban J connectivity index is 1.47. The lowest BCUT2D eigenvalue weighted by molar-refractivity contribution is -0.234. The van der Waals surface area contributed by atoms with Crippen molar-refractivity contribution < 1.29 is 24.9 Å². The maximum atomic E-state index is 11.9. The monoisotopic (exact) mass is 448 g/mol. The molecule has 1 aromatic rings. The van der Waals surface area contributed by atoms with E-state index in [9.17, 15) is 20.1 Å². The van der Waals surface area contributed by atoms with Crippen molar-refractivity contribution >= 4 is 17.3 Å². The first-order valence-electron chi connectivity index (χ1n) is 11.9. The molecule has 10 atom stereocenters. The van der Waals surface area contributed by atoms with Crippen LogP contribution in [-0.2, 0) is 15.1 Å². The van der Waals surface area contributed by atoms with Gasteiger partial charge in [0.05, 0.1) is 12.2 Å². The van der Waals surface area contributed by atoms with Crippen LogP contribution in [0.3, 0.4) is 0 Å². The molecule has 3 N–H and O–H groups in total. The number of esters is 1. The van der Waals surface area contributed by atoms with Gasteiger partial charge >= 0.3 is 5.97 Å². The van der Waals surface area contributed by atoms with E-state index >= 15 is 0 Å². The minimum absolute atomic E-state index is 0.00531. The molecule has 4 aliphatic carbocycles. The lowest BCUT2D eigenvalue weighted by Gasteiger charge is -2.64. The van der Waals surface area contributed by atoms with Crippen molar-refractivity contribution in [3.8, 4) is 0 Å². The van der Waals surface area contributed by atoms with Gasteiger partial charge in [-0.2, -0.15) is 0 Å². The third-order valence-electron chi connectivity index (χ3n) is 10.1. The van der Waals surface area contributed by atoms with Gasteiger partial charge in [0.1, 0.15) is 11.7 Å². The molecule has 5 rings (SSSR count). The fraction of sp³-hybridized carbons (Fsp3) is 0.800. The Labute approximate surface area is 188 Å². The molecule has 4 aliphatic rings. The van der Waals surface area contributed by atoms with E-state index in [0.717, 1.165) is 43.4 Å². The third kappa shape index (κ3) is 2.94. The summed E-state index contributed by atoms with van der Waals surface area (Å²) in [6.07, 6.45) is 4.06. The smallest absolute Gasteiger partial charge is 0.302 e. The Morgan fingerprint density at radius 2 is 1.81 bits per heavy atom. The van der Waals surface area contributed by atoms with Gasteiger partial charge in [0, 0.05) is 17.2 Å². The Morgan fingerprint density at radius 1 is 1.06 bits per heavy atom. The Bertz CT molecular complexity index is 841. The molecule has 4 saturated carbocycles. The van der Waals surface area contributed by atoms with Gasteiger partial charge in [0.25, 0.3) is 0 Å². The van der Waals surface area contributed by atoms with Gasteiger partial charge in [-0.05, 0) is 85.5 Å². The minimum atomic E-state index is -0.855. The summed E-state index contributed by atoms with van der Waals surface area (Å²) in [5.41, 5.74) is -1.23. The van der Waals surface area contributed by atoms with Crippen molar-refractivity contribution in [3.05, 3.63) is 22.4 Å². The van der Waals surface area contributed by atoms with E-state index in [1.165, 1.54) is 6.92 Å². The Hall–Kier alpha value is -0.950. The number of aliphatic hydroxyl groups is 3. The first-order chi connectivity index (χ1) is 14.6. The van der Waals surface area contributed by atoms with Crippen molar-refractivity contribution in [1.29, 1.82) is 0 Å². The molecule has 0 saturated heterocycles. The van der Waals surface area contributed by atoms with Gasteiger partial charge in [-0.25, -0.2) is 0 Å². The molecule has 172 valence electrons. The zero-order valence-corrected chi connectivity index (χ0v) is 19.6. The van der Waals surface area contributed by atoms with Crippen LogP contribution < -0.4 is 0 Å². The van der Waals surface area contributed by atoms with Crippen LogP contribution in [0.5, 0.6) is 0 Å². The predicted molar refractivity (Wildman–Crippen MR) is 118 cm³/mol. The minimum Gasteiger partial charge on any atom is -0.463 e. The molecule has 0 spiro atoms. The molecule has 0 radical (unpaired) electrons. The van der Waals surface area contributed by atoms with Crippen LogP contribution in [0.25, 0.3) is 0 Å². The van der Waals surface area contributed by atoms with Crippen molar-refractivity contribution in [3.63, 3.8) is 0 Å². The molecule has 1 aromatic heterocycles. The second-order valence-electron chi connectivity index (χ2n) is 11.2. The van der Waals surface area contributed by atoms with Gasteiger partial charge in [-0.15, -0.1) is 11.3 Å². The molecule has 0 aliphatic heterocycles. The molecule has 6 heteroatoms. The number of hydrogen-bond acceptors (Lipinski definition) is 6. The predicted octanol–water partition coefficient (Wildman–Crippen LogP) is 3.85. The van der Waals surface area contributed by atoms with Crippen LogP contribution in [0.2, 0.25) is 0 Å². The molecule has 5 nitrogen and oxygen atoms in total. The summed E-state index contributed by atoms with van der Waals surface area (Å²) in [4.78, 5) is 12.5. The number of carbonyl (C=O) groups excluding carboxylic acids is 1. The molecular weight excluding hydrogens is 412 g/mol. The second-order valence-corrected chi connectivity index (χ2v) is 12.2. The summed E-state index contributed by atoms with van der Waals surface area (Å²) in [7, 11) is 0. The molecular formula is C25H36O5S. The number of hydrogen-bond donors (Lipinski definition) is 3. The average Bonchev–Trinajstić information content (AvgIpc) is 3.35. The SMILES string of the molecule is CC(=O)O[C@H]1CC[C@@]2(C)[C@H](C1)[C@@H](O)[C@H](O)C1[C@@H]2CC[C@@]2(C)[C@H]1CC[C@@]2(O)c1cccs1. The number of ether oxygens (including phenoxy) is 1. The summed E-state index contributed by atoms with van der Waals surface area (Å²) in [5, 5.41) is 36.6. The zero-order valence-electron chi connectivity index (χ0n) is 18.8. The Kier molecular flexibility index (Phi) is 5.13. The summed E-state index contributed by atoms with van der Waals surface area (Å²) in [6, 6.07) is 4.05. The fourth-order valence-corrected chi connectivity index (χ4v) is 9.49. The third-order valence-corrected chi connectivity index (χ3v) is 11.1. The molecule has 31 heavy (non-hydrogen) atoms. The maximum absolute atomic E-state index is 11.9. The fourth-order valence-electron chi connectivity index (χ4n) is 8.50. The molecule has 4 fully saturated rings. The molecule has 1 heterocycles. The summed E-state index contributed by atoms with van der Waals surface area (Å²) >= 11 is 1.62. The van der Waals surface area contributed by atoms with Crippen LogP contribution in [0.4, 0.5) is 0 Å². The van der Waals surface area contributed by atoms with Crippen LogP contribution >= 0.6 is 11.3 Å². The van der Waals surface area contributed by atoms with E-state index in [1.807, 2.05) is 17.5 Å². The molecule has 0 bridgehead atoms. The average molecular weight is 449 g/mol. The molecule has 0 aromatic carbocycles. The van der Waals surface area contributed by atoms with Crippen LogP contribution in [0, 0.1) is 34.5 Å². The van der Waals surface area contributed by atoms with Crippen molar-refractivity contribution in [1.82, 2.24) is 0 Å². The second kappa shape index (κ2) is 7.28. The van der Waals surface area contributed by atoms with Crippen molar-refractivity contribution in [2.45, 2.75) is 89.6 Å². The highest BCUT2D eigenvalue weighted by atomic mass is 32.1. The van der Waals surface area contributed by atoms with E-state index in [2.05, 4.69) is 13.8 Å². The Morgan fingerprint density at radius 3 is 2.48 bits per heavy atom. The normalized spacial score (nSPS) is 51.5.